The van der Waals surface area contributed by atoms with E-state index in [4.69, 9.17) is 4.74 Å². The van der Waals surface area contributed by atoms with Gasteiger partial charge in [-0.1, -0.05) is 15.9 Å². The van der Waals surface area contributed by atoms with Gasteiger partial charge < -0.3 is 15.0 Å². The molecule has 6 heteroatoms. The molecule has 5 nitrogen and oxygen atoms in total. The molecule has 1 aromatic carbocycles. The second kappa shape index (κ2) is 7.45. The Bertz CT molecular complexity index is 496. The lowest BCUT2D eigenvalue weighted by Gasteiger charge is -2.32. The molecule has 0 aliphatic carbocycles. The molecule has 1 aliphatic rings. The molecule has 1 saturated heterocycles. The number of alkyl carbamates (subject to hydrolysis) is 1. The van der Waals surface area contributed by atoms with Gasteiger partial charge in [-0.2, -0.15) is 0 Å². The van der Waals surface area contributed by atoms with Gasteiger partial charge in [0.2, 0.25) is 0 Å². The van der Waals surface area contributed by atoms with Crippen molar-refractivity contribution in [2.24, 2.45) is 0 Å². The van der Waals surface area contributed by atoms with Gasteiger partial charge >= 0.3 is 6.09 Å². The summed E-state index contributed by atoms with van der Waals surface area (Å²) in [4.78, 5) is 25.5. The Balaban J connectivity index is 1.84. The molecule has 2 amide bonds. The fraction of sp³-hybridized carbons (Fsp3) is 0.467. The Labute approximate surface area is 132 Å². The van der Waals surface area contributed by atoms with Crippen LogP contribution in [-0.2, 0) is 4.74 Å². The molecular formula is C15H19BrN2O3. The van der Waals surface area contributed by atoms with Crippen molar-refractivity contribution < 1.29 is 14.3 Å². The van der Waals surface area contributed by atoms with Gasteiger partial charge in [0.1, 0.15) is 0 Å². The van der Waals surface area contributed by atoms with E-state index in [0.29, 0.717) is 25.3 Å². The Kier molecular flexibility index (Phi) is 5.61. The third kappa shape index (κ3) is 4.46. The molecule has 21 heavy (non-hydrogen) atoms. The number of halogens is 1. The summed E-state index contributed by atoms with van der Waals surface area (Å²) in [6, 6.07) is 7.44. The molecule has 114 valence electrons. The lowest BCUT2D eigenvalue weighted by atomic mass is 10.0. The lowest BCUT2D eigenvalue weighted by molar-refractivity contribution is 0.0702. The van der Waals surface area contributed by atoms with Crippen molar-refractivity contribution in [1.29, 1.82) is 0 Å². The van der Waals surface area contributed by atoms with E-state index in [1.807, 2.05) is 29.2 Å². The molecule has 2 rings (SSSR count). The van der Waals surface area contributed by atoms with Crippen LogP contribution in [0, 0.1) is 0 Å². The number of amides is 2. The van der Waals surface area contributed by atoms with E-state index in [9.17, 15) is 9.59 Å². The summed E-state index contributed by atoms with van der Waals surface area (Å²) in [5.74, 6) is 0.0390. The molecule has 0 radical (unpaired) electrons. The van der Waals surface area contributed by atoms with E-state index >= 15 is 0 Å². The summed E-state index contributed by atoms with van der Waals surface area (Å²) in [7, 11) is 0. The Hall–Kier alpha value is -1.56. The minimum atomic E-state index is -0.379. The molecule has 0 saturated carbocycles. The van der Waals surface area contributed by atoms with Crippen molar-refractivity contribution >= 4 is 27.9 Å². The molecule has 0 spiro atoms. The van der Waals surface area contributed by atoms with Crippen LogP contribution in [0.4, 0.5) is 4.79 Å². The van der Waals surface area contributed by atoms with Crippen molar-refractivity contribution in [2.75, 3.05) is 19.7 Å². The van der Waals surface area contributed by atoms with Gasteiger partial charge in [0.05, 0.1) is 6.61 Å². The van der Waals surface area contributed by atoms with Gasteiger partial charge in [-0.25, -0.2) is 4.79 Å². The zero-order valence-corrected chi connectivity index (χ0v) is 13.6. The molecule has 0 atom stereocenters. The van der Waals surface area contributed by atoms with Crippen LogP contribution in [-0.4, -0.2) is 42.6 Å². The van der Waals surface area contributed by atoms with Crippen LogP contribution < -0.4 is 5.32 Å². The van der Waals surface area contributed by atoms with Crippen molar-refractivity contribution in [3.63, 3.8) is 0 Å². The third-order valence-electron chi connectivity index (χ3n) is 3.47. The van der Waals surface area contributed by atoms with Crippen molar-refractivity contribution in [2.45, 2.75) is 25.8 Å². The molecular weight excluding hydrogens is 336 g/mol. The first-order valence-corrected chi connectivity index (χ1v) is 7.87. The maximum atomic E-state index is 12.3. The first kappa shape index (κ1) is 15.8. The Morgan fingerprint density at radius 2 is 1.90 bits per heavy atom. The third-order valence-corrected chi connectivity index (χ3v) is 4.00. The molecule has 1 aromatic rings. The average molecular weight is 355 g/mol. The van der Waals surface area contributed by atoms with Crippen molar-refractivity contribution in [3.8, 4) is 0 Å². The average Bonchev–Trinajstić information content (AvgIpc) is 2.48. The highest BCUT2D eigenvalue weighted by Gasteiger charge is 2.24. The second-order valence-electron chi connectivity index (χ2n) is 4.94. The highest BCUT2D eigenvalue weighted by molar-refractivity contribution is 9.10. The summed E-state index contributed by atoms with van der Waals surface area (Å²) >= 11 is 3.36. The standard InChI is InChI=1S/C15H19BrN2O3/c1-2-21-15(20)17-13-7-9-18(10-8-13)14(19)11-3-5-12(16)6-4-11/h3-6,13H,2,7-10H2,1H3,(H,17,20). The van der Waals surface area contributed by atoms with Crippen LogP contribution in [0.3, 0.4) is 0 Å². The van der Waals surface area contributed by atoms with Crippen LogP contribution in [0.15, 0.2) is 28.7 Å². The van der Waals surface area contributed by atoms with Gasteiger partial charge in [-0.3, -0.25) is 4.79 Å². The van der Waals surface area contributed by atoms with Crippen LogP contribution >= 0.6 is 15.9 Å². The number of nitrogens with one attached hydrogen (secondary N) is 1. The minimum Gasteiger partial charge on any atom is -0.450 e. The van der Waals surface area contributed by atoms with Crippen LogP contribution in [0.2, 0.25) is 0 Å². The first-order chi connectivity index (χ1) is 10.1. The predicted molar refractivity (Wildman–Crippen MR) is 83.2 cm³/mol. The lowest BCUT2D eigenvalue weighted by Crippen LogP contribution is -2.46. The monoisotopic (exact) mass is 354 g/mol. The van der Waals surface area contributed by atoms with E-state index in [1.165, 1.54) is 0 Å². The van der Waals surface area contributed by atoms with Gasteiger partial charge in [0.15, 0.2) is 0 Å². The van der Waals surface area contributed by atoms with E-state index in [0.717, 1.165) is 17.3 Å². The molecule has 0 aromatic heterocycles. The number of ether oxygens (including phenoxy) is 1. The highest BCUT2D eigenvalue weighted by Crippen LogP contribution is 2.16. The number of rotatable bonds is 3. The zero-order chi connectivity index (χ0) is 15.2. The van der Waals surface area contributed by atoms with Gasteiger partial charge in [-0.15, -0.1) is 0 Å². The summed E-state index contributed by atoms with van der Waals surface area (Å²) in [6.07, 6.45) is 1.12. The minimum absolute atomic E-state index is 0.0390. The van der Waals surface area contributed by atoms with E-state index in [2.05, 4.69) is 21.2 Å². The molecule has 0 unspecified atom stereocenters. The Morgan fingerprint density at radius 3 is 2.48 bits per heavy atom. The normalized spacial score (nSPS) is 15.6. The van der Waals surface area contributed by atoms with E-state index in [1.54, 1.807) is 6.92 Å². The van der Waals surface area contributed by atoms with Gasteiger partial charge in [-0.05, 0) is 44.0 Å². The molecule has 1 aliphatic heterocycles. The van der Waals surface area contributed by atoms with Crippen molar-refractivity contribution in [3.05, 3.63) is 34.3 Å². The Morgan fingerprint density at radius 1 is 1.29 bits per heavy atom. The predicted octanol–water partition coefficient (Wildman–Crippen LogP) is 2.80. The van der Waals surface area contributed by atoms with Crippen LogP contribution in [0.25, 0.3) is 0 Å². The number of piperidine rings is 1. The smallest absolute Gasteiger partial charge is 0.407 e. The number of nitrogens with zero attached hydrogens (tertiary/aromatic N) is 1. The summed E-state index contributed by atoms with van der Waals surface area (Å²) in [5.41, 5.74) is 0.690. The zero-order valence-electron chi connectivity index (χ0n) is 12.0. The molecule has 0 bridgehead atoms. The van der Waals surface area contributed by atoms with Crippen LogP contribution in [0.5, 0.6) is 0 Å². The van der Waals surface area contributed by atoms with Crippen LogP contribution in [0.1, 0.15) is 30.1 Å². The van der Waals surface area contributed by atoms with E-state index in [-0.39, 0.29) is 18.0 Å². The highest BCUT2D eigenvalue weighted by atomic mass is 79.9. The number of likely N-dealkylation sites (tertiary alicyclic amines) is 1. The topological polar surface area (TPSA) is 58.6 Å². The summed E-state index contributed by atoms with van der Waals surface area (Å²) < 4.78 is 5.82. The number of benzene rings is 1. The second-order valence-corrected chi connectivity index (χ2v) is 5.85. The maximum Gasteiger partial charge on any atom is 0.407 e. The fourth-order valence-corrected chi connectivity index (χ4v) is 2.61. The first-order valence-electron chi connectivity index (χ1n) is 7.08. The summed E-state index contributed by atoms with van der Waals surface area (Å²) in [5, 5.41) is 2.82. The number of carbonyl (C=O) groups excluding carboxylic acids is 2. The van der Waals surface area contributed by atoms with Gasteiger partial charge in [0, 0.05) is 29.2 Å². The molecule has 1 N–H and O–H groups in total. The molecule has 1 heterocycles. The number of hydrogen-bond acceptors (Lipinski definition) is 3. The van der Waals surface area contributed by atoms with Crippen molar-refractivity contribution in [1.82, 2.24) is 10.2 Å². The largest absolute Gasteiger partial charge is 0.450 e. The SMILES string of the molecule is CCOC(=O)NC1CCN(C(=O)c2ccc(Br)cc2)CC1. The number of hydrogen-bond donors (Lipinski definition) is 1. The summed E-state index contributed by atoms with van der Waals surface area (Å²) in [6.45, 7) is 3.43. The number of carbonyl (C=O) groups is 2. The fourth-order valence-electron chi connectivity index (χ4n) is 2.34. The van der Waals surface area contributed by atoms with Gasteiger partial charge in [0.25, 0.3) is 5.91 Å². The maximum absolute atomic E-state index is 12.3. The quantitative estimate of drug-likeness (QED) is 0.907. The van der Waals surface area contributed by atoms with E-state index < -0.39 is 0 Å². The molecule has 1 fully saturated rings.